The Labute approximate surface area is 91.7 Å². The van der Waals surface area contributed by atoms with Gasteiger partial charge in [0.1, 0.15) is 0 Å². The second-order valence-electron chi connectivity index (χ2n) is 4.26. The highest BCUT2D eigenvalue weighted by Crippen LogP contribution is 2.30. The minimum Gasteiger partial charge on any atom is -0.338 e. The van der Waals surface area contributed by atoms with Crippen molar-refractivity contribution in [1.82, 2.24) is 14.9 Å². The molecule has 1 aromatic heterocycles. The molecule has 0 saturated carbocycles. The van der Waals surface area contributed by atoms with Crippen LogP contribution in [-0.2, 0) is 6.18 Å². The van der Waals surface area contributed by atoms with Gasteiger partial charge >= 0.3 is 6.18 Å². The smallest absolute Gasteiger partial charge is 0.338 e. The van der Waals surface area contributed by atoms with Crippen LogP contribution in [0.4, 0.5) is 13.2 Å². The van der Waals surface area contributed by atoms with E-state index in [1.54, 1.807) is 0 Å². The van der Waals surface area contributed by atoms with Gasteiger partial charge in [-0.3, -0.25) is 0 Å². The van der Waals surface area contributed by atoms with Gasteiger partial charge in [-0.25, -0.2) is 4.98 Å². The summed E-state index contributed by atoms with van der Waals surface area (Å²) in [6, 6.07) is 0. The van der Waals surface area contributed by atoms with Gasteiger partial charge in [-0.15, -0.1) is 0 Å². The van der Waals surface area contributed by atoms with Crippen molar-refractivity contribution in [2.45, 2.75) is 24.9 Å². The van der Waals surface area contributed by atoms with E-state index in [0.717, 1.165) is 25.9 Å². The molecule has 2 heterocycles. The van der Waals surface area contributed by atoms with Crippen molar-refractivity contribution in [2.75, 3.05) is 20.1 Å². The van der Waals surface area contributed by atoms with Gasteiger partial charge in [-0.2, -0.15) is 13.2 Å². The van der Waals surface area contributed by atoms with E-state index >= 15 is 0 Å². The van der Waals surface area contributed by atoms with Crippen LogP contribution in [0.5, 0.6) is 0 Å². The molecule has 0 unspecified atom stereocenters. The highest BCUT2D eigenvalue weighted by atomic mass is 19.4. The highest BCUT2D eigenvalue weighted by Gasteiger charge is 2.35. The number of imidazole rings is 1. The molecule has 3 nitrogen and oxygen atoms in total. The third-order valence-corrected chi connectivity index (χ3v) is 3.02. The maximum Gasteiger partial charge on any atom is 0.449 e. The number of aromatic nitrogens is 2. The summed E-state index contributed by atoms with van der Waals surface area (Å²) in [5.74, 6) is -0.707. The van der Waals surface area contributed by atoms with Gasteiger partial charge in [-0.05, 0) is 33.0 Å². The maximum atomic E-state index is 12.3. The topological polar surface area (TPSA) is 31.9 Å². The third-order valence-electron chi connectivity index (χ3n) is 3.02. The second kappa shape index (κ2) is 4.08. The SMILES string of the molecule is CN1CCC(c2cnc(C(F)(F)F)[nH]2)CC1. The predicted molar refractivity (Wildman–Crippen MR) is 53.1 cm³/mol. The minimum atomic E-state index is -4.37. The van der Waals surface area contributed by atoms with E-state index in [4.69, 9.17) is 0 Å². The van der Waals surface area contributed by atoms with Crippen molar-refractivity contribution < 1.29 is 13.2 Å². The van der Waals surface area contributed by atoms with Gasteiger partial charge in [0.05, 0.1) is 0 Å². The summed E-state index contributed by atoms with van der Waals surface area (Å²) in [6.07, 6.45) is -1.28. The first-order valence-corrected chi connectivity index (χ1v) is 5.27. The Bertz CT molecular complexity index is 350. The number of rotatable bonds is 1. The first-order chi connectivity index (χ1) is 7.47. The van der Waals surface area contributed by atoms with Crippen molar-refractivity contribution >= 4 is 0 Å². The number of likely N-dealkylation sites (tertiary alicyclic amines) is 1. The molecule has 1 fully saturated rings. The van der Waals surface area contributed by atoms with Crippen molar-refractivity contribution in [2.24, 2.45) is 0 Å². The Morgan fingerprint density at radius 1 is 1.38 bits per heavy atom. The molecular formula is C10H14F3N3. The van der Waals surface area contributed by atoms with E-state index in [1.807, 2.05) is 7.05 Å². The Kier molecular flexibility index (Phi) is 2.92. The number of hydrogen-bond acceptors (Lipinski definition) is 2. The normalized spacial score (nSPS) is 20.2. The molecule has 6 heteroatoms. The van der Waals surface area contributed by atoms with Crippen LogP contribution < -0.4 is 0 Å². The zero-order valence-corrected chi connectivity index (χ0v) is 9.01. The quantitative estimate of drug-likeness (QED) is 0.806. The Morgan fingerprint density at radius 3 is 2.50 bits per heavy atom. The summed E-state index contributed by atoms with van der Waals surface area (Å²) in [5.41, 5.74) is 0.612. The molecule has 90 valence electrons. The first-order valence-electron chi connectivity index (χ1n) is 5.27. The fraction of sp³-hybridized carbons (Fsp3) is 0.700. The van der Waals surface area contributed by atoms with Gasteiger partial charge in [0.2, 0.25) is 5.82 Å². The van der Waals surface area contributed by atoms with Gasteiger partial charge < -0.3 is 9.88 Å². The lowest BCUT2D eigenvalue weighted by atomic mass is 9.94. The van der Waals surface area contributed by atoms with Crippen LogP contribution >= 0.6 is 0 Å². The standard InChI is InChI=1S/C10H14F3N3/c1-16-4-2-7(3-5-16)8-6-14-9(15-8)10(11,12)13/h6-7H,2-5H2,1H3,(H,14,15). The van der Waals surface area contributed by atoms with E-state index < -0.39 is 12.0 Å². The fourth-order valence-electron chi connectivity index (χ4n) is 2.01. The Hall–Kier alpha value is -1.04. The number of aromatic amines is 1. The summed E-state index contributed by atoms with van der Waals surface area (Å²) in [4.78, 5) is 7.95. The highest BCUT2D eigenvalue weighted by molar-refractivity contribution is 5.10. The lowest BCUT2D eigenvalue weighted by molar-refractivity contribution is -0.144. The van der Waals surface area contributed by atoms with Crippen molar-refractivity contribution in [3.8, 4) is 0 Å². The van der Waals surface area contributed by atoms with Crippen LogP contribution in [0.2, 0.25) is 0 Å². The van der Waals surface area contributed by atoms with Crippen molar-refractivity contribution in [3.63, 3.8) is 0 Å². The minimum absolute atomic E-state index is 0.180. The number of H-pyrrole nitrogens is 1. The monoisotopic (exact) mass is 233 g/mol. The van der Waals surface area contributed by atoms with E-state index in [9.17, 15) is 13.2 Å². The average Bonchev–Trinajstić information content (AvgIpc) is 2.67. The van der Waals surface area contributed by atoms with Gasteiger partial charge in [0.25, 0.3) is 0 Å². The average molecular weight is 233 g/mol. The molecule has 0 radical (unpaired) electrons. The van der Waals surface area contributed by atoms with Crippen LogP contribution in [0.1, 0.15) is 30.3 Å². The number of alkyl halides is 3. The van der Waals surface area contributed by atoms with Crippen LogP contribution in [0.15, 0.2) is 6.20 Å². The summed E-state index contributed by atoms with van der Waals surface area (Å²) in [5, 5.41) is 0. The second-order valence-corrected chi connectivity index (χ2v) is 4.26. The van der Waals surface area contributed by atoms with Crippen molar-refractivity contribution in [3.05, 3.63) is 17.7 Å². The van der Waals surface area contributed by atoms with Gasteiger partial charge in [-0.1, -0.05) is 0 Å². The largest absolute Gasteiger partial charge is 0.449 e. The molecule has 0 atom stereocenters. The fourth-order valence-corrected chi connectivity index (χ4v) is 2.01. The molecule has 0 aliphatic carbocycles. The number of hydrogen-bond donors (Lipinski definition) is 1. The molecule has 1 saturated heterocycles. The number of halogens is 3. The lowest BCUT2D eigenvalue weighted by Crippen LogP contribution is -2.29. The summed E-state index contributed by atoms with van der Waals surface area (Å²) in [6.45, 7) is 1.84. The number of piperidine rings is 1. The third kappa shape index (κ3) is 2.37. The summed E-state index contributed by atoms with van der Waals surface area (Å²) in [7, 11) is 2.02. The zero-order chi connectivity index (χ0) is 11.8. The maximum absolute atomic E-state index is 12.3. The summed E-state index contributed by atoms with van der Waals surface area (Å²) >= 11 is 0. The van der Waals surface area contributed by atoms with E-state index in [1.165, 1.54) is 6.20 Å². The van der Waals surface area contributed by atoms with Gasteiger partial charge in [0.15, 0.2) is 0 Å². The Balaban J connectivity index is 2.08. The lowest BCUT2D eigenvalue weighted by Gasteiger charge is -2.28. The number of nitrogens with zero attached hydrogens (tertiary/aromatic N) is 2. The molecular weight excluding hydrogens is 219 g/mol. The molecule has 1 aliphatic rings. The molecule has 0 bridgehead atoms. The molecule has 0 spiro atoms. The van der Waals surface area contributed by atoms with Gasteiger partial charge in [0, 0.05) is 17.8 Å². The zero-order valence-electron chi connectivity index (χ0n) is 9.01. The predicted octanol–water partition coefficient (Wildman–Crippen LogP) is 2.24. The van der Waals surface area contributed by atoms with E-state index in [-0.39, 0.29) is 5.92 Å². The first kappa shape index (κ1) is 11.4. The van der Waals surface area contributed by atoms with Crippen molar-refractivity contribution in [1.29, 1.82) is 0 Å². The van der Waals surface area contributed by atoms with Crippen LogP contribution in [0, 0.1) is 0 Å². The van der Waals surface area contributed by atoms with Crippen LogP contribution in [-0.4, -0.2) is 35.0 Å². The Morgan fingerprint density at radius 2 is 2.00 bits per heavy atom. The molecule has 1 N–H and O–H groups in total. The molecule has 0 aromatic carbocycles. The molecule has 0 amide bonds. The molecule has 16 heavy (non-hydrogen) atoms. The van der Waals surface area contributed by atoms with Crippen LogP contribution in [0.25, 0.3) is 0 Å². The molecule has 1 aromatic rings. The molecule has 2 rings (SSSR count). The number of nitrogens with one attached hydrogen (secondary N) is 1. The molecule has 1 aliphatic heterocycles. The van der Waals surface area contributed by atoms with E-state index in [0.29, 0.717) is 5.69 Å². The van der Waals surface area contributed by atoms with E-state index in [2.05, 4.69) is 14.9 Å². The van der Waals surface area contributed by atoms with Crippen LogP contribution in [0.3, 0.4) is 0 Å². The summed E-state index contributed by atoms with van der Waals surface area (Å²) < 4.78 is 37.0.